The number of aryl methyl sites for hydroxylation is 2. The van der Waals surface area contributed by atoms with E-state index in [0.29, 0.717) is 30.9 Å². The predicted molar refractivity (Wildman–Crippen MR) is 81.3 cm³/mol. The van der Waals surface area contributed by atoms with Crippen molar-refractivity contribution in [1.29, 1.82) is 0 Å². The number of carbonyl (C=O) groups excluding carboxylic acids is 1. The van der Waals surface area contributed by atoms with Gasteiger partial charge in [0.1, 0.15) is 13.2 Å². The van der Waals surface area contributed by atoms with Crippen LogP contribution in [0.3, 0.4) is 0 Å². The monoisotopic (exact) mass is 282 g/mol. The molecule has 108 valence electrons. The van der Waals surface area contributed by atoms with Crippen molar-refractivity contribution in [3.63, 3.8) is 0 Å². The molecule has 1 aliphatic heterocycles. The van der Waals surface area contributed by atoms with E-state index in [9.17, 15) is 4.79 Å². The van der Waals surface area contributed by atoms with Gasteiger partial charge in [-0.05, 0) is 37.1 Å². The van der Waals surface area contributed by atoms with Crippen LogP contribution in [0.4, 0.5) is 0 Å². The second kappa shape index (κ2) is 6.00. The third-order valence-corrected chi connectivity index (χ3v) is 3.59. The van der Waals surface area contributed by atoms with Crippen molar-refractivity contribution in [2.24, 2.45) is 0 Å². The maximum absolute atomic E-state index is 12.3. The molecule has 0 N–H and O–H groups in total. The number of Topliss-reactive ketones (excluding diaryl/α,β-unsaturated/α-hetero) is 1. The second-order valence-corrected chi connectivity index (χ2v) is 5.27. The van der Waals surface area contributed by atoms with Crippen LogP contribution >= 0.6 is 0 Å². The highest BCUT2D eigenvalue weighted by Crippen LogP contribution is 2.31. The zero-order valence-electron chi connectivity index (χ0n) is 12.1. The van der Waals surface area contributed by atoms with Crippen LogP contribution in [-0.4, -0.2) is 19.0 Å². The summed E-state index contributed by atoms with van der Waals surface area (Å²) < 4.78 is 11.0. The van der Waals surface area contributed by atoms with Gasteiger partial charge >= 0.3 is 0 Å². The van der Waals surface area contributed by atoms with Crippen molar-refractivity contribution in [2.75, 3.05) is 13.2 Å². The predicted octanol–water partition coefficient (Wildman–Crippen LogP) is 3.58. The van der Waals surface area contributed by atoms with Crippen LogP contribution in [0.1, 0.15) is 27.9 Å². The molecule has 0 atom stereocenters. The molecule has 0 unspecified atom stereocenters. The van der Waals surface area contributed by atoms with Crippen molar-refractivity contribution in [1.82, 2.24) is 0 Å². The minimum absolute atomic E-state index is 0.133. The van der Waals surface area contributed by atoms with E-state index < -0.39 is 0 Å². The molecule has 0 bridgehead atoms. The molecule has 21 heavy (non-hydrogen) atoms. The fourth-order valence-electron chi connectivity index (χ4n) is 2.49. The summed E-state index contributed by atoms with van der Waals surface area (Å²) in [6.45, 7) is 3.16. The summed E-state index contributed by atoms with van der Waals surface area (Å²) in [4.78, 5) is 12.3. The fraction of sp³-hybridized carbons (Fsp3) is 0.278. The topological polar surface area (TPSA) is 35.5 Å². The summed E-state index contributed by atoms with van der Waals surface area (Å²) in [6.07, 6.45) is 1.26. The molecule has 0 aliphatic carbocycles. The molecule has 0 saturated heterocycles. The number of carbonyl (C=O) groups is 1. The smallest absolute Gasteiger partial charge is 0.163 e. The standard InChI is InChI=1S/C18H18O3/c1-13-3-2-4-14(11-13)5-7-16(19)15-6-8-17-18(12-15)21-10-9-20-17/h2-4,6,8,11-12H,5,7,9-10H2,1H3. The van der Waals surface area contributed by atoms with Crippen LogP contribution < -0.4 is 9.47 Å². The molecule has 1 aliphatic rings. The minimum Gasteiger partial charge on any atom is -0.486 e. The van der Waals surface area contributed by atoms with E-state index in [-0.39, 0.29) is 5.78 Å². The molecule has 0 amide bonds. The molecule has 3 heteroatoms. The van der Waals surface area contributed by atoms with Gasteiger partial charge in [-0.2, -0.15) is 0 Å². The lowest BCUT2D eigenvalue weighted by Gasteiger charge is -2.18. The Labute approximate surface area is 124 Å². The quantitative estimate of drug-likeness (QED) is 0.804. The molecule has 0 radical (unpaired) electrons. The molecular formula is C18H18O3. The molecule has 3 nitrogen and oxygen atoms in total. The lowest BCUT2D eigenvalue weighted by Crippen LogP contribution is -2.15. The fourth-order valence-corrected chi connectivity index (χ4v) is 2.49. The zero-order valence-corrected chi connectivity index (χ0v) is 12.1. The number of hydrogen-bond acceptors (Lipinski definition) is 3. The van der Waals surface area contributed by atoms with Gasteiger partial charge in [-0.15, -0.1) is 0 Å². The van der Waals surface area contributed by atoms with Crippen molar-refractivity contribution >= 4 is 5.78 Å². The molecule has 2 aromatic rings. The summed E-state index contributed by atoms with van der Waals surface area (Å²) in [5.74, 6) is 1.52. The number of ether oxygens (including phenoxy) is 2. The first kappa shape index (κ1) is 13.7. The lowest BCUT2D eigenvalue weighted by atomic mass is 10.0. The van der Waals surface area contributed by atoms with Crippen molar-refractivity contribution in [3.05, 3.63) is 59.2 Å². The Kier molecular flexibility index (Phi) is 3.91. The van der Waals surface area contributed by atoms with Gasteiger partial charge in [0.2, 0.25) is 0 Å². The summed E-state index contributed by atoms with van der Waals surface area (Å²) in [6, 6.07) is 13.7. The summed E-state index contributed by atoms with van der Waals surface area (Å²) in [5, 5.41) is 0. The number of hydrogen-bond donors (Lipinski definition) is 0. The van der Waals surface area contributed by atoms with E-state index in [4.69, 9.17) is 9.47 Å². The highest BCUT2D eigenvalue weighted by molar-refractivity contribution is 5.96. The van der Waals surface area contributed by atoms with E-state index in [1.807, 2.05) is 18.2 Å². The Bertz CT molecular complexity index is 661. The zero-order chi connectivity index (χ0) is 14.7. The van der Waals surface area contributed by atoms with E-state index in [2.05, 4.69) is 25.1 Å². The normalized spacial score (nSPS) is 13.0. The van der Waals surface area contributed by atoms with Gasteiger partial charge in [0.15, 0.2) is 17.3 Å². The third kappa shape index (κ3) is 3.24. The van der Waals surface area contributed by atoms with Gasteiger partial charge < -0.3 is 9.47 Å². The van der Waals surface area contributed by atoms with Crippen molar-refractivity contribution < 1.29 is 14.3 Å². The number of ketones is 1. The van der Waals surface area contributed by atoms with Crippen molar-refractivity contribution in [2.45, 2.75) is 19.8 Å². The lowest BCUT2D eigenvalue weighted by molar-refractivity contribution is 0.0981. The van der Waals surface area contributed by atoms with Gasteiger partial charge in [0.05, 0.1) is 0 Å². The Balaban J connectivity index is 1.68. The molecule has 2 aromatic carbocycles. The Morgan fingerprint density at radius 1 is 1.05 bits per heavy atom. The van der Waals surface area contributed by atoms with E-state index in [1.54, 1.807) is 6.07 Å². The summed E-state index contributed by atoms with van der Waals surface area (Å²) >= 11 is 0. The molecule has 0 saturated carbocycles. The number of benzene rings is 2. The first-order chi connectivity index (χ1) is 10.2. The van der Waals surface area contributed by atoms with E-state index in [0.717, 1.165) is 12.2 Å². The highest BCUT2D eigenvalue weighted by Gasteiger charge is 2.14. The molecule has 0 fully saturated rings. The maximum Gasteiger partial charge on any atom is 0.163 e. The second-order valence-electron chi connectivity index (χ2n) is 5.27. The van der Waals surface area contributed by atoms with E-state index in [1.165, 1.54) is 11.1 Å². The molecule has 0 aromatic heterocycles. The average Bonchev–Trinajstić information content (AvgIpc) is 2.52. The average molecular weight is 282 g/mol. The summed E-state index contributed by atoms with van der Waals surface area (Å²) in [5.41, 5.74) is 3.10. The third-order valence-electron chi connectivity index (χ3n) is 3.59. The summed E-state index contributed by atoms with van der Waals surface area (Å²) in [7, 11) is 0. The van der Waals surface area contributed by atoms with Gasteiger partial charge in [0.25, 0.3) is 0 Å². The number of fused-ring (bicyclic) bond motifs is 1. The Hall–Kier alpha value is -2.29. The van der Waals surface area contributed by atoms with Gasteiger partial charge in [0, 0.05) is 12.0 Å². The van der Waals surface area contributed by atoms with Crippen molar-refractivity contribution in [3.8, 4) is 11.5 Å². The van der Waals surface area contributed by atoms with Crippen LogP contribution in [-0.2, 0) is 6.42 Å². The van der Waals surface area contributed by atoms with Crippen LogP contribution in [0.15, 0.2) is 42.5 Å². The Morgan fingerprint density at radius 2 is 1.86 bits per heavy atom. The van der Waals surface area contributed by atoms with Crippen LogP contribution in [0.2, 0.25) is 0 Å². The van der Waals surface area contributed by atoms with E-state index >= 15 is 0 Å². The number of rotatable bonds is 4. The van der Waals surface area contributed by atoms with Gasteiger partial charge in [-0.3, -0.25) is 4.79 Å². The minimum atomic E-state index is 0.133. The van der Waals surface area contributed by atoms with Crippen LogP contribution in [0.5, 0.6) is 11.5 Å². The van der Waals surface area contributed by atoms with Crippen LogP contribution in [0, 0.1) is 6.92 Å². The first-order valence-corrected chi connectivity index (χ1v) is 7.21. The Morgan fingerprint density at radius 3 is 2.67 bits per heavy atom. The first-order valence-electron chi connectivity index (χ1n) is 7.21. The van der Waals surface area contributed by atoms with Crippen LogP contribution in [0.25, 0.3) is 0 Å². The maximum atomic E-state index is 12.3. The highest BCUT2D eigenvalue weighted by atomic mass is 16.6. The molecular weight excluding hydrogens is 264 g/mol. The molecule has 3 rings (SSSR count). The molecule has 1 heterocycles. The largest absolute Gasteiger partial charge is 0.486 e. The van der Waals surface area contributed by atoms with Gasteiger partial charge in [-0.25, -0.2) is 0 Å². The SMILES string of the molecule is Cc1cccc(CCC(=O)c2ccc3c(c2)OCCO3)c1. The van der Waals surface area contributed by atoms with Gasteiger partial charge in [-0.1, -0.05) is 29.8 Å². The molecule has 0 spiro atoms.